The van der Waals surface area contributed by atoms with E-state index in [1.54, 1.807) is 6.07 Å². The fourth-order valence-electron chi connectivity index (χ4n) is 2.47. The highest BCUT2D eigenvalue weighted by Gasteiger charge is 2.14. The Labute approximate surface area is 144 Å². The molecule has 1 heterocycles. The number of nitrogens with zero attached hydrogens (tertiary/aromatic N) is 1. The molecule has 120 valence electrons. The number of carbonyl (C=O) groups is 1. The molecule has 0 bridgehead atoms. The summed E-state index contributed by atoms with van der Waals surface area (Å²) in [5.41, 5.74) is 9.04. The highest BCUT2D eigenvalue weighted by atomic mass is 32.1. The lowest BCUT2D eigenvalue weighted by Crippen LogP contribution is -2.18. The van der Waals surface area contributed by atoms with Gasteiger partial charge < -0.3 is 15.8 Å². The average Bonchev–Trinajstić information content (AvgIpc) is 2.60. The Hall–Kier alpha value is -2.99. The third kappa shape index (κ3) is 3.18. The van der Waals surface area contributed by atoms with E-state index in [1.165, 1.54) is 7.11 Å². The van der Waals surface area contributed by atoms with Gasteiger partial charge in [0, 0.05) is 16.6 Å². The number of benzene rings is 2. The molecule has 0 aliphatic heterocycles. The van der Waals surface area contributed by atoms with Crippen molar-refractivity contribution in [2.75, 3.05) is 12.4 Å². The third-order valence-electron chi connectivity index (χ3n) is 3.57. The lowest BCUT2D eigenvalue weighted by molar-refractivity contribution is 0.0603. The van der Waals surface area contributed by atoms with E-state index >= 15 is 0 Å². The Kier molecular flexibility index (Phi) is 4.39. The first-order valence-corrected chi connectivity index (χ1v) is 7.64. The Morgan fingerprint density at radius 2 is 1.88 bits per heavy atom. The van der Waals surface area contributed by atoms with E-state index in [4.69, 9.17) is 22.7 Å². The number of thiocarbonyl (C=S) groups is 1. The first-order valence-electron chi connectivity index (χ1n) is 7.23. The van der Waals surface area contributed by atoms with Crippen LogP contribution in [0.2, 0.25) is 0 Å². The van der Waals surface area contributed by atoms with Crippen molar-refractivity contribution < 1.29 is 9.53 Å². The number of ether oxygens (including phenoxy) is 1. The molecule has 0 radical (unpaired) electrons. The van der Waals surface area contributed by atoms with Crippen LogP contribution in [-0.2, 0) is 4.74 Å². The molecule has 1 aromatic heterocycles. The Morgan fingerprint density at radius 1 is 1.17 bits per heavy atom. The van der Waals surface area contributed by atoms with Gasteiger partial charge in [0.2, 0.25) is 0 Å². The van der Waals surface area contributed by atoms with Crippen LogP contribution in [0.3, 0.4) is 0 Å². The zero-order valence-corrected chi connectivity index (χ0v) is 13.8. The summed E-state index contributed by atoms with van der Waals surface area (Å²) in [6, 6.07) is 16.7. The number of nitrogens with one attached hydrogen (secondary N) is 1. The molecule has 3 rings (SSSR count). The van der Waals surface area contributed by atoms with E-state index in [1.807, 2.05) is 48.5 Å². The molecular formula is C18H15N3O2S. The van der Waals surface area contributed by atoms with Crippen molar-refractivity contribution in [3.63, 3.8) is 0 Å². The molecule has 6 heteroatoms. The van der Waals surface area contributed by atoms with Crippen molar-refractivity contribution in [3.05, 3.63) is 60.2 Å². The number of esters is 1. The summed E-state index contributed by atoms with van der Waals surface area (Å²) in [5.74, 6) is -0.387. The van der Waals surface area contributed by atoms with Gasteiger partial charge in [0.1, 0.15) is 0 Å². The van der Waals surface area contributed by atoms with E-state index in [0.29, 0.717) is 11.3 Å². The van der Waals surface area contributed by atoms with E-state index in [9.17, 15) is 4.79 Å². The molecule has 0 atom stereocenters. The molecule has 2 aromatic carbocycles. The van der Waals surface area contributed by atoms with Crippen molar-refractivity contribution in [2.24, 2.45) is 5.73 Å². The lowest BCUT2D eigenvalue weighted by Gasteiger charge is -2.09. The minimum absolute atomic E-state index is 0.208. The predicted molar refractivity (Wildman–Crippen MR) is 98.9 cm³/mol. The van der Waals surface area contributed by atoms with E-state index in [0.717, 1.165) is 22.2 Å². The molecule has 0 fully saturated rings. The summed E-state index contributed by atoms with van der Waals surface area (Å²) in [6.45, 7) is 0. The van der Waals surface area contributed by atoms with Crippen molar-refractivity contribution in [2.45, 2.75) is 0 Å². The zero-order valence-electron chi connectivity index (χ0n) is 12.9. The largest absolute Gasteiger partial charge is 0.465 e. The van der Waals surface area contributed by atoms with Crippen molar-refractivity contribution >= 4 is 39.9 Å². The average molecular weight is 337 g/mol. The number of carbonyl (C=O) groups excluding carboxylic acids is 1. The lowest BCUT2D eigenvalue weighted by atomic mass is 10.0. The SMILES string of the molecule is COC(=O)c1cc(-c2ccc(NC(N)=S)cc2)nc2ccccc12. The number of fused-ring (bicyclic) bond motifs is 1. The predicted octanol–water partition coefficient (Wildman–Crippen LogP) is 3.34. The van der Waals surface area contributed by atoms with Gasteiger partial charge in [-0.3, -0.25) is 0 Å². The standard InChI is InChI=1S/C18H15N3O2S/c1-23-17(22)14-10-16(21-15-5-3-2-4-13(14)15)11-6-8-12(9-7-11)20-18(19)24/h2-10H,1H3,(H3,19,20,24). The molecule has 0 saturated heterocycles. The van der Waals surface area contributed by atoms with Crippen LogP contribution < -0.4 is 11.1 Å². The first kappa shape index (κ1) is 15.9. The highest BCUT2D eigenvalue weighted by Crippen LogP contribution is 2.26. The minimum Gasteiger partial charge on any atom is -0.465 e. The summed E-state index contributed by atoms with van der Waals surface area (Å²) in [6.07, 6.45) is 0. The van der Waals surface area contributed by atoms with E-state index in [-0.39, 0.29) is 11.1 Å². The summed E-state index contributed by atoms with van der Waals surface area (Å²) < 4.78 is 4.89. The number of aromatic nitrogens is 1. The molecule has 24 heavy (non-hydrogen) atoms. The third-order valence-corrected chi connectivity index (χ3v) is 3.67. The fraction of sp³-hybridized carbons (Fsp3) is 0.0556. The van der Waals surface area contributed by atoms with Crippen LogP contribution in [0.1, 0.15) is 10.4 Å². The first-order chi connectivity index (χ1) is 11.6. The molecule has 3 N–H and O–H groups in total. The molecule has 0 aliphatic rings. The van der Waals surface area contributed by atoms with Gasteiger partial charge in [0.15, 0.2) is 5.11 Å². The number of anilines is 1. The van der Waals surface area contributed by atoms with Gasteiger partial charge in [0.25, 0.3) is 0 Å². The number of methoxy groups -OCH3 is 1. The maximum atomic E-state index is 12.1. The molecule has 5 nitrogen and oxygen atoms in total. The van der Waals surface area contributed by atoms with Crippen LogP contribution in [0.4, 0.5) is 5.69 Å². The maximum Gasteiger partial charge on any atom is 0.338 e. The fourth-order valence-corrected chi connectivity index (χ4v) is 2.59. The molecule has 0 unspecified atom stereocenters. The summed E-state index contributed by atoms with van der Waals surface area (Å²) >= 11 is 4.82. The number of pyridine rings is 1. The normalized spacial score (nSPS) is 10.4. The number of nitrogens with two attached hydrogens (primary N) is 1. The van der Waals surface area contributed by atoms with Gasteiger partial charge in [-0.1, -0.05) is 30.3 Å². The van der Waals surface area contributed by atoms with Crippen LogP contribution >= 0.6 is 12.2 Å². The molecular weight excluding hydrogens is 322 g/mol. The maximum absolute atomic E-state index is 12.1. The van der Waals surface area contributed by atoms with Crippen LogP contribution in [0.15, 0.2) is 54.6 Å². The second kappa shape index (κ2) is 6.64. The Balaban J connectivity index is 2.09. The van der Waals surface area contributed by atoms with Gasteiger partial charge in [-0.15, -0.1) is 0 Å². The summed E-state index contributed by atoms with van der Waals surface area (Å²) in [4.78, 5) is 16.7. The molecule has 0 saturated carbocycles. The smallest absolute Gasteiger partial charge is 0.338 e. The highest BCUT2D eigenvalue weighted by molar-refractivity contribution is 7.80. The van der Waals surface area contributed by atoms with Crippen molar-refractivity contribution in [1.82, 2.24) is 4.98 Å². The van der Waals surface area contributed by atoms with Crippen LogP contribution in [-0.4, -0.2) is 23.2 Å². The second-order valence-corrected chi connectivity index (χ2v) is 5.57. The molecule has 0 aliphatic carbocycles. The quantitative estimate of drug-likeness (QED) is 0.564. The van der Waals surface area contributed by atoms with Gasteiger partial charge >= 0.3 is 5.97 Å². The second-order valence-electron chi connectivity index (χ2n) is 5.13. The number of hydrogen-bond donors (Lipinski definition) is 2. The Bertz CT molecular complexity index is 923. The number of para-hydroxylation sites is 1. The van der Waals surface area contributed by atoms with E-state index in [2.05, 4.69) is 10.3 Å². The summed E-state index contributed by atoms with van der Waals surface area (Å²) in [7, 11) is 1.37. The van der Waals surface area contributed by atoms with Crippen LogP contribution in [0.5, 0.6) is 0 Å². The van der Waals surface area contributed by atoms with Crippen molar-refractivity contribution in [3.8, 4) is 11.3 Å². The van der Waals surface area contributed by atoms with Crippen LogP contribution in [0.25, 0.3) is 22.2 Å². The molecule has 0 amide bonds. The topological polar surface area (TPSA) is 77.2 Å². The monoisotopic (exact) mass is 337 g/mol. The summed E-state index contributed by atoms with van der Waals surface area (Å²) in [5, 5.41) is 3.84. The zero-order chi connectivity index (χ0) is 17.1. The van der Waals surface area contributed by atoms with Crippen LogP contribution in [0, 0.1) is 0 Å². The minimum atomic E-state index is -0.387. The molecule has 3 aromatic rings. The number of rotatable bonds is 3. The van der Waals surface area contributed by atoms with Gasteiger partial charge in [-0.25, -0.2) is 9.78 Å². The Morgan fingerprint density at radius 3 is 2.54 bits per heavy atom. The van der Waals surface area contributed by atoms with Gasteiger partial charge in [-0.05, 0) is 36.5 Å². The van der Waals surface area contributed by atoms with E-state index < -0.39 is 0 Å². The number of hydrogen-bond acceptors (Lipinski definition) is 4. The molecule has 0 spiro atoms. The van der Waals surface area contributed by atoms with Gasteiger partial charge in [-0.2, -0.15) is 0 Å². The van der Waals surface area contributed by atoms with Gasteiger partial charge in [0.05, 0.1) is 23.9 Å². The van der Waals surface area contributed by atoms with Crippen molar-refractivity contribution in [1.29, 1.82) is 0 Å².